The number of amides is 1. The molecule has 0 spiro atoms. The number of nitrogens with zero attached hydrogens (tertiary/aromatic N) is 2. The average molecular weight is 446 g/mol. The van der Waals surface area contributed by atoms with E-state index in [1.807, 2.05) is 53.9 Å². The first-order valence-corrected chi connectivity index (χ1v) is 11.1. The Hall–Kier alpha value is -3.71. The lowest BCUT2D eigenvalue weighted by Gasteiger charge is -2.12. The first kappa shape index (κ1) is 21.5. The van der Waals surface area contributed by atoms with Crippen LogP contribution in [0.5, 0.6) is 11.5 Å². The van der Waals surface area contributed by atoms with E-state index in [1.165, 1.54) is 0 Å². The van der Waals surface area contributed by atoms with Crippen molar-refractivity contribution in [1.29, 1.82) is 0 Å². The Morgan fingerprint density at radius 2 is 1.84 bits per heavy atom. The maximum absolute atomic E-state index is 12.6. The Labute approximate surface area is 190 Å². The van der Waals surface area contributed by atoms with E-state index in [9.17, 15) is 4.79 Å². The highest BCUT2D eigenvalue weighted by atomic mass is 32.1. The van der Waals surface area contributed by atoms with Crippen LogP contribution in [0, 0.1) is 0 Å². The highest BCUT2D eigenvalue weighted by Gasteiger charge is 2.12. The molecule has 0 aliphatic carbocycles. The Kier molecular flexibility index (Phi) is 7.09. The second kappa shape index (κ2) is 10.5. The molecular formula is C25H23N3O3S. The van der Waals surface area contributed by atoms with Gasteiger partial charge in [-0.25, -0.2) is 4.98 Å². The van der Waals surface area contributed by atoms with Gasteiger partial charge in [-0.2, -0.15) is 0 Å². The molecular weight excluding hydrogens is 422 g/mol. The second-order valence-electron chi connectivity index (χ2n) is 6.99. The molecule has 0 saturated heterocycles. The van der Waals surface area contributed by atoms with Crippen LogP contribution >= 0.6 is 11.3 Å². The predicted octanol–water partition coefficient (Wildman–Crippen LogP) is 4.77. The summed E-state index contributed by atoms with van der Waals surface area (Å²) in [5.41, 5.74) is 3.28. The molecule has 0 unspecified atom stereocenters. The van der Waals surface area contributed by atoms with E-state index in [2.05, 4.69) is 15.3 Å². The molecule has 1 N–H and O–H groups in total. The monoisotopic (exact) mass is 445 g/mol. The summed E-state index contributed by atoms with van der Waals surface area (Å²) in [6.45, 7) is 0.916. The molecule has 7 heteroatoms. The van der Waals surface area contributed by atoms with Crippen molar-refractivity contribution in [1.82, 2.24) is 15.3 Å². The van der Waals surface area contributed by atoms with Gasteiger partial charge in [-0.3, -0.25) is 9.78 Å². The maximum atomic E-state index is 12.6. The minimum atomic E-state index is -0.167. The number of pyridine rings is 1. The second-order valence-corrected chi connectivity index (χ2v) is 7.93. The van der Waals surface area contributed by atoms with Gasteiger partial charge in [0, 0.05) is 30.1 Å². The van der Waals surface area contributed by atoms with E-state index in [1.54, 1.807) is 42.8 Å². The highest BCUT2D eigenvalue weighted by molar-refractivity contribution is 7.09. The predicted molar refractivity (Wildman–Crippen MR) is 125 cm³/mol. The maximum Gasteiger partial charge on any atom is 0.251 e. The normalized spacial score (nSPS) is 10.5. The van der Waals surface area contributed by atoms with Crippen molar-refractivity contribution >= 4 is 17.2 Å². The van der Waals surface area contributed by atoms with Crippen LogP contribution in [0.15, 0.2) is 78.3 Å². The molecule has 0 fully saturated rings. The molecule has 0 aliphatic heterocycles. The standard InChI is InChI=1S/C25H23N3O3S/c1-30-23-15-19(10-11-22(23)31-16-18-7-3-2-4-8-18)25(29)27-14-12-24-28-21(17-32-24)20-9-5-6-13-26-20/h2-11,13,15,17H,12,14,16H2,1H3,(H,27,29). The minimum absolute atomic E-state index is 0.167. The number of carbonyl (C=O) groups is 1. The number of hydrogen-bond donors (Lipinski definition) is 1. The SMILES string of the molecule is COc1cc(C(=O)NCCc2nc(-c3ccccn3)cs2)ccc1OCc1ccccc1. The average Bonchev–Trinajstić information content (AvgIpc) is 3.32. The topological polar surface area (TPSA) is 73.3 Å². The van der Waals surface area contributed by atoms with E-state index in [-0.39, 0.29) is 5.91 Å². The third-order valence-electron chi connectivity index (χ3n) is 4.77. The van der Waals surface area contributed by atoms with Crippen LogP contribution in [0.3, 0.4) is 0 Å². The summed E-state index contributed by atoms with van der Waals surface area (Å²) in [6, 6.07) is 20.8. The molecule has 0 radical (unpaired) electrons. The molecule has 0 atom stereocenters. The molecule has 162 valence electrons. The van der Waals surface area contributed by atoms with Crippen molar-refractivity contribution < 1.29 is 14.3 Å². The van der Waals surface area contributed by atoms with E-state index >= 15 is 0 Å². The van der Waals surface area contributed by atoms with Gasteiger partial charge in [0.1, 0.15) is 6.61 Å². The van der Waals surface area contributed by atoms with E-state index in [4.69, 9.17) is 9.47 Å². The van der Waals surface area contributed by atoms with Crippen molar-refractivity contribution in [2.24, 2.45) is 0 Å². The molecule has 32 heavy (non-hydrogen) atoms. The lowest BCUT2D eigenvalue weighted by atomic mass is 10.2. The fraction of sp³-hybridized carbons (Fsp3) is 0.160. The van der Waals surface area contributed by atoms with E-state index in [0.29, 0.717) is 36.6 Å². The van der Waals surface area contributed by atoms with Crippen LogP contribution in [0.1, 0.15) is 20.9 Å². The Morgan fingerprint density at radius 3 is 2.62 bits per heavy atom. The fourth-order valence-electron chi connectivity index (χ4n) is 3.11. The first-order chi connectivity index (χ1) is 15.7. The van der Waals surface area contributed by atoms with Crippen molar-refractivity contribution in [2.75, 3.05) is 13.7 Å². The summed E-state index contributed by atoms with van der Waals surface area (Å²) in [6.07, 6.45) is 2.40. The van der Waals surface area contributed by atoms with Crippen LogP contribution in [0.2, 0.25) is 0 Å². The zero-order valence-corrected chi connectivity index (χ0v) is 18.5. The van der Waals surface area contributed by atoms with Crippen molar-refractivity contribution in [2.45, 2.75) is 13.0 Å². The number of hydrogen-bond acceptors (Lipinski definition) is 6. The third kappa shape index (κ3) is 5.50. The summed E-state index contributed by atoms with van der Waals surface area (Å²) < 4.78 is 11.3. The first-order valence-electron chi connectivity index (χ1n) is 10.2. The van der Waals surface area contributed by atoms with Gasteiger partial charge in [0.2, 0.25) is 0 Å². The lowest BCUT2D eigenvalue weighted by Crippen LogP contribution is -2.25. The number of carbonyl (C=O) groups excluding carboxylic acids is 1. The highest BCUT2D eigenvalue weighted by Crippen LogP contribution is 2.29. The Bertz CT molecular complexity index is 1160. The summed E-state index contributed by atoms with van der Waals surface area (Å²) in [7, 11) is 1.56. The Balaban J connectivity index is 1.32. The Morgan fingerprint density at radius 1 is 1.00 bits per heavy atom. The largest absolute Gasteiger partial charge is 0.493 e. The molecule has 6 nitrogen and oxygen atoms in total. The quantitative estimate of drug-likeness (QED) is 0.402. The molecule has 0 aliphatic rings. The fourth-order valence-corrected chi connectivity index (χ4v) is 3.90. The van der Waals surface area contributed by atoms with Gasteiger partial charge < -0.3 is 14.8 Å². The minimum Gasteiger partial charge on any atom is -0.493 e. The van der Waals surface area contributed by atoms with Gasteiger partial charge in [-0.15, -0.1) is 11.3 Å². The van der Waals surface area contributed by atoms with Gasteiger partial charge in [-0.05, 0) is 35.9 Å². The van der Waals surface area contributed by atoms with Gasteiger partial charge in [0.25, 0.3) is 5.91 Å². The van der Waals surface area contributed by atoms with Crippen molar-refractivity contribution in [3.05, 3.63) is 94.4 Å². The number of methoxy groups -OCH3 is 1. The van der Waals surface area contributed by atoms with Crippen LogP contribution in [-0.4, -0.2) is 29.5 Å². The van der Waals surface area contributed by atoms with Gasteiger partial charge >= 0.3 is 0 Å². The number of ether oxygens (including phenoxy) is 2. The summed E-state index contributed by atoms with van der Waals surface area (Å²) in [4.78, 5) is 21.5. The van der Waals surface area contributed by atoms with Crippen LogP contribution < -0.4 is 14.8 Å². The smallest absolute Gasteiger partial charge is 0.251 e. The van der Waals surface area contributed by atoms with Crippen molar-refractivity contribution in [3.63, 3.8) is 0 Å². The lowest BCUT2D eigenvalue weighted by molar-refractivity contribution is 0.0953. The van der Waals surface area contributed by atoms with Gasteiger partial charge in [-0.1, -0.05) is 36.4 Å². The number of benzene rings is 2. The molecule has 2 aromatic carbocycles. The zero-order chi connectivity index (χ0) is 22.2. The van der Waals surface area contributed by atoms with Crippen LogP contribution in [0.25, 0.3) is 11.4 Å². The van der Waals surface area contributed by atoms with Crippen LogP contribution in [-0.2, 0) is 13.0 Å². The summed E-state index contributed by atoms with van der Waals surface area (Å²) in [5.74, 6) is 0.950. The summed E-state index contributed by atoms with van der Waals surface area (Å²) in [5, 5.41) is 5.88. The van der Waals surface area contributed by atoms with Gasteiger partial charge in [0.15, 0.2) is 11.5 Å². The summed E-state index contributed by atoms with van der Waals surface area (Å²) >= 11 is 1.56. The molecule has 0 saturated carbocycles. The molecule has 1 amide bonds. The number of thiazole rings is 1. The molecule has 2 aromatic heterocycles. The van der Waals surface area contributed by atoms with Crippen molar-refractivity contribution in [3.8, 4) is 22.9 Å². The number of rotatable bonds is 9. The number of nitrogens with one attached hydrogen (secondary N) is 1. The number of aromatic nitrogens is 2. The molecule has 2 heterocycles. The molecule has 4 aromatic rings. The van der Waals surface area contributed by atoms with E-state index in [0.717, 1.165) is 22.0 Å². The molecule has 0 bridgehead atoms. The van der Waals surface area contributed by atoms with Gasteiger partial charge in [0.05, 0.1) is 23.5 Å². The zero-order valence-electron chi connectivity index (χ0n) is 17.7. The van der Waals surface area contributed by atoms with E-state index < -0.39 is 0 Å². The molecule has 4 rings (SSSR count). The third-order valence-corrected chi connectivity index (χ3v) is 5.68. The van der Waals surface area contributed by atoms with Crippen LogP contribution in [0.4, 0.5) is 0 Å².